The number of hydrogen-bond donors (Lipinski definition) is 3. The summed E-state index contributed by atoms with van der Waals surface area (Å²) in [5.74, 6) is 1.11. The Morgan fingerprint density at radius 2 is 1.97 bits per heavy atom. The highest BCUT2D eigenvalue weighted by Crippen LogP contribution is 2.38. The third-order valence-electron chi connectivity index (χ3n) is 6.20. The minimum absolute atomic E-state index is 0.287. The predicted molar refractivity (Wildman–Crippen MR) is 148 cm³/mol. The molecule has 1 aliphatic heterocycles. The van der Waals surface area contributed by atoms with E-state index in [-0.39, 0.29) is 6.04 Å². The SMILES string of the molecule is Cc1ccc2c(NC(=O)C(Cl)Cl)cccc2c1Oc1ncccc1-c1ccnc(N[C@H]2CCCNC2)n1. The molecule has 0 unspecified atom stereocenters. The standard InChI is InChI=1S/C27H26Cl2N6O2/c1-16-9-10-18-19(6-2-8-21(18)34-25(36)24(28)29)23(16)37-26-20(7-4-13-31-26)22-11-14-32-27(35-22)33-17-5-3-12-30-15-17/h2,4,6-11,13-14,17,24,30H,3,5,12,15H2,1H3,(H,34,36)(H,32,33,35)/t17-/m0/s1. The minimum Gasteiger partial charge on any atom is -0.437 e. The third kappa shape index (κ3) is 5.77. The molecule has 5 rings (SSSR count). The Morgan fingerprint density at radius 3 is 2.78 bits per heavy atom. The summed E-state index contributed by atoms with van der Waals surface area (Å²) in [7, 11) is 0. The highest BCUT2D eigenvalue weighted by molar-refractivity contribution is 6.54. The Labute approximate surface area is 224 Å². The normalized spacial score (nSPS) is 15.5. The Morgan fingerprint density at radius 1 is 1.08 bits per heavy atom. The molecule has 1 atom stereocenters. The van der Waals surface area contributed by atoms with Crippen LogP contribution in [0.2, 0.25) is 0 Å². The van der Waals surface area contributed by atoms with Gasteiger partial charge in [0, 0.05) is 41.4 Å². The van der Waals surface area contributed by atoms with Crippen LogP contribution in [-0.4, -0.2) is 44.8 Å². The highest BCUT2D eigenvalue weighted by Gasteiger charge is 2.18. The van der Waals surface area contributed by atoms with Crippen molar-refractivity contribution < 1.29 is 9.53 Å². The first-order valence-electron chi connectivity index (χ1n) is 12.0. The van der Waals surface area contributed by atoms with Gasteiger partial charge in [-0.2, -0.15) is 0 Å². The molecule has 0 spiro atoms. The van der Waals surface area contributed by atoms with Gasteiger partial charge in [0.2, 0.25) is 11.8 Å². The Hall–Kier alpha value is -3.46. The number of hydrogen-bond acceptors (Lipinski definition) is 7. The second kappa shape index (κ2) is 11.3. The van der Waals surface area contributed by atoms with Crippen LogP contribution in [0, 0.1) is 6.92 Å². The second-order valence-corrected chi connectivity index (χ2v) is 9.91. The van der Waals surface area contributed by atoms with Crippen molar-refractivity contribution in [1.29, 1.82) is 0 Å². The van der Waals surface area contributed by atoms with Crippen LogP contribution in [0.5, 0.6) is 11.6 Å². The lowest BCUT2D eigenvalue weighted by Crippen LogP contribution is -2.38. The molecule has 0 radical (unpaired) electrons. The number of amides is 1. The first kappa shape index (κ1) is 25.2. The molecule has 37 heavy (non-hydrogen) atoms. The largest absolute Gasteiger partial charge is 0.437 e. The zero-order valence-electron chi connectivity index (χ0n) is 20.2. The topological polar surface area (TPSA) is 101 Å². The monoisotopic (exact) mass is 536 g/mol. The van der Waals surface area contributed by atoms with Crippen molar-refractivity contribution >= 4 is 51.5 Å². The summed E-state index contributed by atoms with van der Waals surface area (Å²) < 4.78 is 6.44. The fourth-order valence-electron chi connectivity index (χ4n) is 4.37. The zero-order chi connectivity index (χ0) is 25.8. The molecule has 1 aliphatic rings. The van der Waals surface area contributed by atoms with Gasteiger partial charge in [-0.3, -0.25) is 4.79 Å². The maximum Gasteiger partial charge on any atom is 0.257 e. The van der Waals surface area contributed by atoms with Crippen LogP contribution in [-0.2, 0) is 4.79 Å². The summed E-state index contributed by atoms with van der Waals surface area (Å²) in [5.41, 5.74) is 2.94. The molecule has 3 heterocycles. The van der Waals surface area contributed by atoms with Gasteiger partial charge in [-0.1, -0.05) is 47.5 Å². The quantitative estimate of drug-likeness (QED) is 0.260. The van der Waals surface area contributed by atoms with E-state index in [0.717, 1.165) is 47.8 Å². The lowest BCUT2D eigenvalue weighted by Gasteiger charge is -2.23. The van der Waals surface area contributed by atoms with Crippen LogP contribution in [0.3, 0.4) is 0 Å². The molecule has 1 fully saturated rings. The highest BCUT2D eigenvalue weighted by atomic mass is 35.5. The molecular formula is C27H26Cl2N6O2. The first-order valence-corrected chi connectivity index (χ1v) is 12.9. The Kier molecular flexibility index (Phi) is 7.69. The average Bonchev–Trinajstić information content (AvgIpc) is 2.91. The molecule has 4 aromatic rings. The maximum absolute atomic E-state index is 12.1. The van der Waals surface area contributed by atoms with Crippen LogP contribution >= 0.6 is 23.2 Å². The van der Waals surface area contributed by atoms with Crippen molar-refractivity contribution in [2.45, 2.75) is 30.6 Å². The first-order chi connectivity index (χ1) is 18.0. The molecule has 1 saturated heterocycles. The summed E-state index contributed by atoms with van der Waals surface area (Å²) in [6.07, 6.45) is 5.60. The molecule has 1 amide bonds. The van der Waals surface area contributed by atoms with Crippen molar-refractivity contribution in [2.24, 2.45) is 0 Å². The Balaban J connectivity index is 1.48. The van der Waals surface area contributed by atoms with Gasteiger partial charge >= 0.3 is 0 Å². The van der Waals surface area contributed by atoms with Gasteiger partial charge in [0.15, 0.2) is 4.84 Å². The number of nitrogens with zero attached hydrogens (tertiary/aromatic N) is 3. The van der Waals surface area contributed by atoms with E-state index in [1.54, 1.807) is 18.5 Å². The van der Waals surface area contributed by atoms with Crippen LogP contribution in [0.1, 0.15) is 18.4 Å². The van der Waals surface area contributed by atoms with E-state index in [4.69, 9.17) is 32.9 Å². The summed E-state index contributed by atoms with van der Waals surface area (Å²) in [6, 6.07) is 15.3. The number of aromatic nitrogens is 3. The Bertz CT molecular complexity index is 1430. The lowest BCUT2D eigenvalue weighted by molar-refractivity contribution is -0.114. The number of piperidine rings is 1. The molecule has 2 aromatic carbocycles. The fourth-order valence-corrected chi connectivity index (χ4v) is 4.48. The molecule has 2 aromatic heterocycles. The number of benzene rings is 2. The molecule has 3 N–H and O–H groups in total. The van der Waals surface area contributed by atoms with Crippen molar-refractivity contribution in [3.63, 3.8) is 0 Å². The van der Waals surface area contributed by atoms with E-state index in [1.165, 1.54) is 0 Å². The van der Waals surface area contributed by atoms with Crippen LogP contribution in [0.25, 0.3) is 22.0 Å². The van der Waals surface area contributed by atoms with E-state index >= 15 is 0 Å². The molecule has 0 saturated carbocycles. The summed E-state index contributed by atoms with van der Waals surface area (Å²) in [4.78, 5) is 24.6. The zero-order valence-corrected chi connectivity index (χ0v) is 21.7. The van der Waals surface area contributed by atoms with Gasteiger partial charge in [-0.05, 0) is 56.1 Å². The number of halogens is 2. The number of anilines is 2. The maximum atomic E-state index is 12.1. The third-order valence-corrected chi connectivity index (χ3v) is 6.59. The number of ether oxygens (including phenoxy) is 1. The summed E-state index contributed by atoms with van der Waals surface area (Å²) in [5, 5.41) is 11.2. The number of carbonyl (C=O) groups excluding carboxylic acids is 1. The van der Waals surface area contributed by atoms with E-state index < -0.39 is 10.7 Å². The average molecular weight is 537 g/mol. The van der Waals surface area contributed by atoms with E-state index in [9.17, 15) is 4.79 Å². The number of rotatable bonds is 7. The number of pyridine rings is 1. The van der Waals surface area contributed by atoms with E-state index in [2.05, 4.69) is 25.9 Å². The molecule has 8 nitrogen and oxygen atoms in total. The number of fused-ring (bicyclic) bond motifs is 1. The molecular weight excluding hydrogens is 511 g/mol. The second-order valence-electron chi connectivity index (χ2n) is 8.81. The van der Waals surface area contributed by atoms with E-state index in [1.807, 2.05) is 49.4 Å². The number of aryl methyl sites for hydroxylation is 1. The summed E-state index contributed by atoms with van der Waals surface area (Å²) in [6.45, 7) is 3.88. The molecule has 0 bridgehead atoms. The van der Waals surface area contributed by atoms with Crippen molar-refractivity contribution in [3.05, 3.63) is 66.5 Å². The van der Waals surface area contributed by atoms with Gasteiger partial charge in [0.25, 0.3) is 5.91 Å². The van der Waals surface area contributed by atoms with Crippen molar-refractivity contribution in [2.75, 3.05) is 23.7 Å². The lowest BCUT2D eigenvalue weighted by atomic mass is 10.0. The van der Waals surface area contributed by atoms with Crippen molar-refractivity contribution in [3.8, 4) is 22.9 Å². The fraction of sp³-hybridized carbons (Fsp3) is 0.259. The van der Waals surface area contributed by atoms with Gasteiger partial charge in [-0.15, -0.1) is 0 Å². The predicted octanol–water partition coefficient (Wildman–Crippen LogP) is 5.70. The van der Waals surface area contributed by atoms with Gasteiger partial charge in [-0.25, -0.2) is 15.0 Å². The van der Waals surface area contributed by atoms with Crippen molar-refractivity contribution in [1.82, 2.24) is 20.3 Å². The van der Waals surface area contributed by atoms with Crippen LogP contribution in [0.15, 0.2) is 60.9 Å². The van der Waals surface area contributed by atoms with Gasteiger partial charge in [0.05, 0.1) is 11.3 Å². The minimum atomic E-state index is -1.17. The number of nitrogens with one attached hydrogen (secondary N) is 3. The van der Waals surface area contributed by atoms with Gasteiger partial charge < -0.3 is 20.7 Å². The summed E-state index contributed by atoms with van der Waals surface area (Å²) >= 11 is 11.5. The van der Waals surface area contributed by atoms with Gasteiger partial charge in [0.1, 0.15) is 5.75 Å². The number of carbonyl (C=O) groups is 1. The molecule has 0 aliphatic carbocycles. The molecule has 10 heteroatoms. The van der Waals surface area contributed by atoms with Crippen LogP contribution < -0.4 is 20.7 Å². The van der Waals surface area contributed by atoms with E-state index in [0.29, 0.717) is 29.0 Å². The number of alkyl halides is 2. The molecule has 190 valence electrons. The van der Waals surface area contributed by atoms with Crippen LogP contribution in [0.4, 0.5) is 11.6 Å². The smallest absolute Gasteiger partial charge is 0.257 e.